The molecule has 7 heteroatoms. The van der Waals surface area contributed by atoms with Crippen molar-refractivity contribution in [1.82, 2.24) is 14.7 Å². The van der Waals surface area contributed by atoms with Crippen LogP contribution in [0.5, 0.6) is 0 Å². The standard InChI is InChI=1S/C14H17N3O3S/c1-2-12-16-13(11-5-3-4-7-17(11)12)14(18)15-10-6-8-21(19,20)9-10/h3-5,7,10H,2,6,8-9H2,1H3,(H,15,18). The zero-order valence-corrected chi connectivity index (χ0v) is 12.6. The molecule has 0 spiro atoms. The minimum absolute atomic E-state index is 0.0190. The van der Waals surface area contributed by atoms with Gasteiger partial charge in [0.05, 0.1) is 17.0 Å². The summed E-state index contributed by atoms with van der Waals surface area (Å²) in [6.07, 6.45) is 3.06. The van der Waals surface area contributed by atoms with Crippen molar-refractivity contribution in [2.45, 2.75) is 25.8 Å². The zero-order valence-electron chi connectivity index (χ0n) is 11.7. The molecule has 6 nitrogen and oxygen atoms in total. The predicted molar refractivity (Wildman–Crippen MR) is 79.1 cm³/mol. The van der Waals surface area contributed by atoms with Gasteiger partial charge in [0, 0.05) is 18.7 Å². The Hall–Kier alpha value is -1.89. The molecular weight excluding hydrogens is 290 g/mol. The van der Waals surface area contributed by atoms with Gasteiger partial charge in [-0.1, -0.05) is 13.0 Å². The summed E-state index contributed by atoms with van der Waals surface area (Å²) in [5.41, 5.74) is 1.10. The second-order valence-corrected chi connectivity index (χ2v) is 7.49. The quantitative estimate of drug-likeness (QED) is 0.910. The van der Waals surface area contributed by atoms with Crippen molar-refractivity contribution < 1.29 is 13.2 Å². The summed E-state index contributed by atoms with van der Waals surface area (Å²) in [5.74, 6) is 0.670. The average molecular weight is 307 g/mol. The van der Waals surface area contributed by atoms with Crippen molar-refractivity contribution in [3.8, 4) is 0 Å². The summed E-state index contributed by atoms with van der Waals surface area (Å²) in [5, 5.41) is 2.79. The number of aryl methyl sites for hydroxylation is 1. The maximum Gasteiger partial charge on any atom is 0.272 e. The van der Waals surface area contributed by atoms with Crippen LogP contribution in [0.25, 0.3) is 5.52 Å². The largest absolute Gasteiger partial charge is 0.347 e. The molecule has 0 radical (unpaired) electrons. The van der Waals surface area contributed by atoms with Gasteiger partial charge in [-0.2, -0.15) is 0 Å². The van der Waals surface area contributed by atoms with Crippen molar-refractivity contribution in [3.05, 3.63) is 35.9 Å². The van der Waals surface area contributed by atoms with E-state index in [1.807, 2.05) is 35.7 Å². The Bertz CT molecular complexity index is 795. The van der Waals surface area contributed by atoms with Crippen molar-refractivity contribution in [3.63, 3.8) is 0 Å². The number of nitrogens with zero attached hydrogens (tertiary/aromatic N) is 2. The van der Waals surface area contributed by atoms with E-state index in [4.69, 9.17) is 0 Å². The van der Waals surface area contributed by atoms with Gasteiger partial charge in [0.2, 0.25) is 0 Å². The lowest BCUT2D eigenvalue weighted by Gasteiger charge is -2.09. The molecule has 2 aromatic rings. The molecule has 3 rings (SSSR count). The summed E-state index contributed by atoms with van der Waals surface area (Å²) >= 11 is 0. The first-order chi connectivity index (χ1) is 10.00. The fraction of sp³-hybridized carbons (Fsp3) is 0.429. The van der Waals surface area contributed by atoms with Gasteiger partial charge in [-0.05, 0) is 18.6 Å². The third kappa shape index (κ3) is 2.65. The first-order valence-electron chi connectivity index (χ1n) is 6.97. The number of carbonyl (C=O) groups excluding carboxylic acids is 1. The molecule has 112 valence electrons. The van der Waals surface area contributed by atoms with Crippen molar-refractivity contribution in [2.75, 3.05) is 11.5 Å². The van der Waals surface area contributed by atoms with Gasteiger partial charge in [0.15, 0.2) is 15.5 Å². The van der Waals surface area contributed by atoms with Crippen molar-refractivity contribution in [2.24, 2.45) is 0 Å². The van der Waals surface area contributed by atoms with E-state index in [1.165, 1.54) is 0 Å². The molecule has 1 atom stereocenters. The van der Waals surface area contributed by atoms with Crippen LogP contribution >= 0.6 is 0 Å². The van der Waals surface area contributed by atoms with Crippen LogP contribution in [0, 0.1) is 0 Å². The number of nitrogens with one attached hydrogen (secondary N) is 1. The molecule has 0 saturated carbocycles. The van der Waals surface area contributed by atoms with Gasteiger partial charge in [-0.25, -0.2) is 13.4 Å². The molecule has 1 N–H and O–H groups in total. The van der Waals surface area contributed by atoms with Crippen LogP contribution in [0.3, 0.4) is 0 Å². The number of fused-ring (bicyclic) bond motifs is 1. The lowest BCUT2D eigenvalue weighted by Crippen LogP contribution is -2.35. The maximum atomic E-state index is 12.4. The first-order valence-corrected chi connectivity index (χ1v) is 8.79. The number of hydrogen-bond acceptors (Lipinski definition) is 4. The summed E-state index contributed by atoms with van der Waals surface area (Å²) in [4.78, 5) is 16.8. The van der Waals surface area contributed by atoms with Crippen LogP contribution in [0.15, 0.2) is 24.4 Å². The molecule has 1 aliphatic rings. The molecule has 0 aromatic carbocycles. The lowest BCUT2D eigenvalue weighted by atomic mass is 10.2. The van der Waals surface area contributed by atoms with Gasteiger partial charge in [-0.15, -0.1) is 0 Å². The van der Waals surface area contributed by atoms with Crippen LogP contribution in [-0.2, 0) is 16.3 Å². The van der Waals surface area contributed by atoms with Crippen LogP contribution in [0.4, 0.5) is 0 Å². The van der Waals surface area contributed by atoms with Gasteiger partial charge in [-0.3, -0.25) is 4.79 Å². The summed E-state index contributed by atoms with van der Waals surface area (Å²) in [6, 6.07) is 5.27. The highest BCUT2D eigenvalue weighted by Crippen LogP contribution is 2.16. The molecule has 0 bridgehead atoms. The van der Waals surface area contributed by atoms with E-state index in [0.29, 0.717) is 12.1 Å². The number of sulfone groups is 1. The number of imidazole rings is 1. The normalized spacial score (nSPS) is 20.7. The van der Waals surface area contributed by atoms with Crippen molar-refractivity contribution >= 4 is 21.3 Å². The molecule has 3 heterocycles. The second kappa shape index (κ2) is 5.14. The lowest BCUT2D eigenvalue weighted by molar-refractivity contribution is 0.0938. The second-order valence-electron chi connectivity index (χ2n) is 5.26. The van der Waals surface area contributed by atoms with E-state index in [1.54, 1.807) is 0 Å². The molecule has 1 saturated heterocycles. The number of amides is 1. The van der Waals surface area contributed by atoms with E-state index >= 15 is 0 Å². The fourth-order valence-corrected chi connectivity index (χ4v) is 4.35. The Labute approximate surface area is 123 Å². The smallest absolute Gasteiger partial charge is 0.272 e. The topological polar surface area (TPSA) is 80.5 Å². The van der Waals surface area contributed by atoms with Crippen LogP contribution in [-0.4, -0.2) is 41.3 Å². The van der Waals surface area contributed by atoms with Gasteiger partial charge < -0.3 is 9.72 Å². The van der Waals surface area contributed by atoms with E-state index < -0.39 is 9.84 Å². The minimum atomic E-state index is -3.01. The third-order valence-electron chi connectivity index (χ3n) is 3.72. The third-order valence-corrected chi connectivity index (χ3v) is 5.49. The molecule has 1 amide bonds. The SMILES string of the molecule is CCc1nc(C(=O)NC2CCS(=O)(=O)C2)c2ccccn12. The first kappa shape index (κ1) is 14.1. The van der Waals surface area contributed by atoms with Crippen LogP contribution in [0.2, 0.25) is 0 Å². The molecule has 1 fully saturated rings. The van der Waals surface area contributed by atoms with Crippen LogP contribution < -0.4 is 5.32 Å². The number of aromatic nitrogens is 2. The highest BCUT2D eigenvalue weighted by atomic mass is 32.2. The van der Waals surface area contributed by atoms with Gasteiger partial charge in [0.25, 0.3) is 5.91 Å². The average Bonchev–Trinajstić information content (AvgIpc) is 2.99. The number of rotatable bonds is 3. The highest BCUT2D eigenvalue weighted by molar-refractivity contribution is 7.91. The Balaban J connectivity index is 1.88. The summed E-state index contributed by atoms with van der Waals surface area (Å²) in [6.45, 7) is 1.98. The summed E-state index contributed by atoms with van der Waals surface area (Å²) < 4.78 is 24.8. The molecule has 0 aliphatic carbocycles. The molecule has 2 aromatic heterocycles. The van der Waals surface area contributed by atoms with E-state index in [-0.39, 0.29) is 23.5 Å². The zero-order chi connectivity index (χ0) is 15.0. The van der Waals surface area contributed by atoms with Gasteiger partial charge >= 0.3 is 0 Å². The monoisotopic (exact) mass is 307 g/mol. The van der Waals surface area contributed by atoms with E-state index in [0.717, 1.165) is 17.8 Å². The number of pyridine rings is 1. The Morgan fingerprint density at radius 1 is 1.48 bits per heavy atom. The molecular formula is C14H17N3O3S. The van der Waals surface area contributed by atoms with E-state index in [9.17, 15) is 13.2 Å². The molecule has 21 heavy (non-hydrogen) atoms. The predicted octanol–water partition coefficient (Wildman–Crippen LogP) is 0.814. The Morgan fingerprint density at radius 3 is 2.95 bits per heavy atom. The Morgan fingerprint density at radius 2 is 2.29 bits per heavy atom. The fourth-order valence-electron chi connectivity index (χ4n) is 2.68. The van der Waals surface area contributed by atoms with Gasteiger partial charge in [0.1, 0.15) is 5.82 Å². The molecule has 1 aliphatic heterocycles. The summed E-state index contributed by atoms with van der Waals surface area (Å²) in [7, 11) is -3.01. The maximum absolute atomic E-state index is 12.4. The number of hydrogen-bond donors (Lipinski definition) is 1. The van der Waals surface area contributed by atoms with Crippen LogP contribution in [0.1, 0.15) is 29.7 Å². The highest BCUT2D eigenvalue weighted by Gasteiger charge is 2.30. The minimum Gasteiger partial charge on any atom is -0.347 e. The van der Waals surface area contributed by atoms with E-state index in [2.05, 4.69) is 10.3 Å². The molecule has 1 unspecified atom stereocenters. The van der Waals surface area contributed by atoms with Crippen molar-refractivity contribution in [1.29, 1.82) is 0 Å². The number of carbonyl (C=O) groups is 1. The Kier molecular flexibility index (Phi) is 3.44.